The summed E-state index contributed by atoms with van der Waals surface area (Å²) in [5.41, 5.74) is 9.85. The predicted octanol–water partition coefficient (Wildman–Crippen LogP) is 6.76. The van der Waals surface area contributed by atoms with Gasteiger partial charge in [0, 0.05) is 23.5 Å². The summed E-state index contributed by atoms with van der Waals surface area (Å²) < 4.78 is 5.73. The van der Waals surface area contributed by atoms with Crippen molar-refractivity contribution in [3.8, 4) is 33.6 Å². The van der Waals surface area contributed by atoms with Gasteiger partial charge in [0.25, 0.3) is 0 Å². The van der Waals surface area contributed by atoms with Gasteiger partial charge in [-0.3, -0.25) is 4.98 Å². The Labute approximate surface area is 172 Å². The quantitative estimate of drug-likeness (QED) is 0.370. The molecule has 0 spiro atoms. The normalized spacial score (nSPS) is 11.0. The molecule has 0 amide bonds. The fourth-order valence-electron chi connectivity index (χ4n) is 4.05. The number of nitrogens with zero attached hydrogens (tertiary/aromatic N) is 2. The third kappa shape index (κ3) is 3.73. The van der Waals surface area contributed by atoms with Crippen molar-refractivity contribution in [1.29, 1.82) is 0 Å². The zero-order chi connectivity index (χ0) is 20.2. The van der Waals surface area contributed by atoms with Crippen LogP contribution < -0.4 is 0 Å². The van der Waals surface area contributed by atoms with E-state index in [0.29, 0.717) is 0 Å². The summed E-state index contributed by atoms with van der Waals surface area (Å²) in [6.07, 6.45) is 8.56. The average molecular weight is 383 g/mol. The van der Waals surface area contributed by atoms with Crippen molar-refractivity contribution in [2.75, 3.05) is 0 Å². The van der Waals surface area contributed by atoms with Crippen LogP contribution in [-0.4, -0.2) is 10.1 Å². The number of benzene rings is 2. The second-order valence-electron chi connectivity index (χ2n) is 7.22. The first kappa shape index (κ1) is 19.1. The van der Waals surface area contributed by atoms with Crippen molar-refractivity contribution in [3.05, 3.63) is 83.8 Å². The van der Waals surface area contributed by atoms with Crippen molar-refractivity contribution in [2.24, 2.45) is 0 Å². The molecule has 0 bridgehead atoms. The monoisotopic (exact) mass is 382 g/mol. The molecule has 3 heteroatoms. The second kappa shape index (κ2) is 8.44. The molecule has 0 saturated carbocycles. The van der Waals surface area contributed by atoms with Gasteiger partial charge < -0.3 is 4.52 Å². The van der Waals surface area contributed by atoms with Gasteiger partial charge >= 0.3 is 0 Å². The van der Waals surface area contributed by atoms with Crippen molar-refractivity contribution < 1.29 is 4.52 Å². The number of hydrogen-bond donors (Lipinski definition) is 0. The first-order valence-corrected chi connectivity index (χ1v) is 10.4. The zero-order valence-corrected chi connectivity index (χ0v) is 17.3. The molecular formula is C26H26N2O. The third-order valence-electron chi connectivity index (χ3n) is 5.59. The maximum absolute atomic E-state index is 5.73. The van der Waals surface area contributed by atoms with E-state index in [9.17, 15) is 0 Å². The minimum absolute atomic E-state index is 0.841. The Kier molecular flexibility index (Phi) is 5.57. The molecule has 0 N–H and O–H groups in total. The summed E-state index contributed by atoms with van der Waals surface area (Å²) in [6, 6.07) is 17.1. The molecule has 0 aliphatic carbocycles. The smallest absolute Gasteiger partial charge is 0.174 e. The number of hydrogen-bond acceptors (Lipinski definition) is 3. The molecule has 2 aromatic carbocycles. The molecule has 0 saturated heterocycles. The third-order valence-corrected chi connectivity index (χ3v) is 5.59. The van der Waals surface area contributed by atoms with Gasteiger partial charge in [-0.15, -0.1) is 0 Å². The maximum Gasteiger partial charge on any atom is 0.174 e. The summed E-state index contributed by atoms with van der Waals surface area (Å²) in [5.74, 6) is 0.841. The fraction of sp³-hybridized carbons (Fsp3) is 0.231. The van der Waals surface area contributed by atoms with Crippen LogP contribution in [0.1, 0.15) is 37.5 Å². The molecule has 0 radical (unpaired) electrons. The summed E-state index contributed by atoms with van der Waals surface area (Å²) >= 11 is 0. The number of rotatable bonds is 6. The van der Waals surface area contributed by atoms with Crippen LogP contribution in [-0.2, 0) is 19.3 Å². The van der Waals surface area contributed by atoms with Crippen LogP contribution in [0, 0.1) is 0 Å². The van der Waals surface area contributed by atoms with E-state index < -0.39 is 0 Å². The minimum Gasteiger partial charge on any atom is -0.356 e. The summed E-state index contributed by atoms with van der Waals surface area (Å²) in [6.45, 7) is 6.67. The Morgan fingerprint density at radius 1 is 0.690 bits per heavy atom. The molecular weight excluding hydrogens is 356 g/mol. The molecule has 4 aromatic rings. The summed E-state index contributed by atoms with van der Waals surface area (Å²) in [4.78, 5) is 4.09. The van der Waals surface area contributed by atoms with Gasteiger partial charge in [-0.2, -0.15) is 0 Å². The largest absolute Gasteiger partial charge is 0.356 e. The van der Waals surface area contributed by atoms with Gasteiger partial charge in [-0.25, -0.2) is 0 Å². The molecule has 146 valence electrons. The van der Waals surface area contributed by atoms with E-state index in [2.05, 4.69) is 67.3 Å². The lowest BCUT2D eigenvalue weighted by atomic mass is 9.91. The van der Waals surface area contributed by atoms with E-state index in [1.807, 2.05) is 30.7 Å². The molecule has 0 unspecified atom stereocenters. The number of aromatic nitrogens is 2. The van der Waals surface area contributed by atoms with Gasteiger partial charge in [-0.1, -0.05) is 50.2 Å². The lowest BCUT2D eigenvalue weighted by molar-refractivity contribution is 0.432. The highest BCUT2D eigenvalue weighted by molar-refractivity contribution is 5.81. The molecule has 2 heterocycles. The molecule has 2 aromatic heterocycles. The molecule has 0 aliphatic heterocycles. The standard InChI is InChI=1S/C26H26N2O/c1-4-18-15-23(16-19(5-2)24(18)6-3)26-25(17-28-29-26)22-9-7-20(8-10-22)21-11-13-27-14-12-21/h7-17H,4-6H2,1-3H3. The highest BCUT2D eigenvalue weighted by Crippen LogP contribution is 2.35. The van der Waals surface area contributed by atoms with E-state index in [0.717, 1.165) is 47.3 Å². The Hall–Kier alpha value is -3.20. The van der Waals surface area contributed by atoms with Crippen molar-refractivity contribution in [2.45, 2.75) is 40.0 Å². The fourth-order valence-corrected chi connectivity index (χ4v) is 4.05. The first-order chi connectivity index (χ1) is 14.2. The van der Waals surface area contributed by atoms with E-state index in [4.69, 9.17) is 4.52 Å². The van der Waals surface area contributed by atoms with Crippen LogP contribution in [0.15, 0.2) is 71.6 Å². The molecule has 3 nitrogen and oxygen atoms in total. The first-order valence-electron chi connectivity index (χ1n) is 10.4. The van der Waals surface area contributed by atoms with Crippen LogP contribution in [0.4, 0.5) is 0 Å². The van der Waals surface area contributed by atoms with Crippen LogP contribution in [0.3, 0.4) is 0 Å². The van der Waals surface area contributed by atoms with E-state index in [-0.39, 0.29) is 0 Å². The second-order valence-corrected chi connectivity index (χ2v) is 7.22. The molecule has 0 atom stereocenters. The van der Waals surface area contributed by atoms with E-state index in [1.54, 1.807) is 0 Å². The van der Waals surface area contributed by atoms with Crippen LogP contribution in [0.5, 0.6) is 0 Å². The molecule has 0 aliphatic rings. The zero-order valence-electron chi connectivity index (χ0n) is 17.3. The SMILES string of the molecule is CCc1cc(-c2oncc2-c2ccc(-c3ccncc3)cc2)cc(CC)c1CC. The molecule has 4 rings (SSSR count). The van der Waals surface area contributed by atoms with Crippen molar-refractivity contribution >= 4 is 0 Å². The lowest BCUT2D eigenvalue weighted by Crippen LogP contribution is -1.99. The lowest BCUT2D eigenvalue weighted by Gasteiger charge is -2.14. The topological polar surface area (TPSA) is 38.9 Å². The highest BCUT2D eigenvalue weighted by atomic mass is 16.5. The predicted molar refractivity (Wildman–Crippen MR) is 119 cm³/mol. The van der Waals surface area contributed by atoms with E-state index in [1.165, 1.54) is 22.3 Å². The van der Waals surface area contributed by atoms with Gasteiger partial charge in [0.15, 0.2) is 5.76 Å². The Morgan fingerprint density at radius 2 is 1.28 bits per heavy atom. The van der Waals surface area contributed by atoms with Gasteiger partial charge in [0.1, 0.15) is 0 Å². The Bertz CT molecular complexity index is 1070. The Balaban J connectivity index is 1.74. The number of pyridine rings is 1. The van der Waals surface area contributed by atoms with Gasteiger partial charge in [0.05, 0.1) is 6.20 Å². The van der Waals surface area contributed by atoms with Gasteiger partial charge in [-0.05, 0) is 76.9 Å². The average Bonchev–Trinajstić information content (AvgIpc) is 3.28. The van der Waals surface area contributed by atoms with Crippen LogP contribution in [0.2, 0.25) is 0 Å². The number of aryl methyl sites for hydroxylation is 2. The maximum atomic E-state index is 5.73. The summed E-state index contributed by atoms with van der Waals surface area (Å²) in [5, 5.41) is 4.13. The molecule has 29 heavy (non-hydrogen) atoms. The van der Waals surface area contributed by atoms with Crippen LogP contribution in [0.25, 0.3) is 33.6 Å². The highest BCUT2D eigenvalue weighted by Gasteiger charge is 2.16. The summed E-state index contributed by atoms with van der Waals surface area (Å²) in [7, 11) is 0. The molecule has 0 fully saturated rings. The Morgan fingerprint density at radius 3 is 1.86 bits per heavy atom. The van der Waals surface area contributed by atoms with E-state index >= 15 is 0 Å². The van der Waals surface area contributed by atoms with Crippen molar-refractivity contribution in [3.63, 3.8) is 0 Å². The minimum atomic E-state index is 0.841. The van der Waals surface area contributed by atoms with Crippen molar-refractivity contribution in [1.82, 2.24) is 10.1 Å². The van der Waals surface area contributed by atoms with Crippen LogP contribution >= 0.6 is 0 Å². The van der Waals surface area contributed by atoms with Gasteiger partial charge in [0.2, 0.25) is 0 Å².